The van der Waals surface area contributed by atoms with E-state index in [9.17, 15) is 0 Å². The normalized spacial score (nSPS) is 12.3. The van der Waals surface area contributed by atoms with Crippen LogP contribution in [0.1, 0.15) is 0 Å². The van der Waals surface area contributed by atoms with Crippen LogP contribution in [-0.4, -0.2) is 4.98 Å². The molecule has 0 N–H and O–H groups in total. The summed E-state index contributed by atoms with van der Waals surface area (Å²) < 4.78 is 1.36. The SMILES string of the molecule is I[s+]1cnc2ccccc21. The van der Waals surface area contributed by atoms with Crippen molar-refractivity contribution in [2.75, 3.05) is 0 Å². The summed E-state index contributed by atoms with van der Waals surface area (Å²) in [6, 6.07) is 8.27. The van der Waals surface area contributed by atoms with Crippen molar-refractivity contribution in [3.05, 3.63) is 29.8 Å². The molecule has 50 valence electrons. The van der Waals surface area contributed by atoms with Crippen LogP contribution in [0.4, 0.5) is 0 Å². The second kappa shape index (κ2) is 2.47. The van der Waals surface area contributed by atoms with E-state index in [2.05, 4.69) is 44.4 Å². The molecular formula is C7H5INS+. The number of thiazole rings is 1. The lowest BCUT2D eigenvalue weighted by molar-refractivity contribution is 1.50. The van der Waals surface area contributed by atoms with Crippen molar-refractivity contribution >= 4 is 39.1 Å². The number of halogens is 1. The van der Waals surface area contributed by atoms with Gasteiger partial charge in [0.2, 0.25) is 10.2 Å². The fourth-order valence-corrected chi connectivity index (χ4v) is 3.20. The van der Waals surface area contributed by atoms with Gasteiger partial charge in [-0.05, 0) is 6.07 Å². The largest absolute Gasteiger partial charge is 0.289 e. The summed E-state index contributed by atoms with van der Waals surface area (Å²) in [5, 5.41) is 0. The van der Waals surface area contributed by atoms with Gasteiger partial charge in [-0.1, -0.05) is 12.1 Å². The molecule has 1 aromatic carbocycles. The molecule has 3 heteroatoms. The molecule has 0 aliphatic rings. The molecule has 0 spiro atoms. The summed E-state index contributed by atoms with van der Waals surface area (Å²) in [5.41, 5.74) is 3.14. The van der Waals surface area contributed by atoms with Crippen molar-refractivity contribution in [2.24, 2.45) is 0 Å². The summed E-state index contributed by atoms with van der Waals surface area (Å²) in [4.78, 5) is 4.26. The lowest BCUT2D eigenvalue weighted by Crippen LogP contribution is -1.61. The molecule has 0 radical (unpaired) electrons. The van der Waals surface area contributed by atoms with Gasteiger partial charge in [0.15, 0.2) is 0 Å². The first-order valence-electron chi connectivity index (χ1n) is 2.90. The second-order valence-electron chi connectivity index (χ2n) is 1.99. The van der Waals surface area contributed by atoms with Crippen molar-refractivity contribution in [1.82, 2.24) is 4.98 Å². The average Bonchev–Trinajstić information content (AvgIpc) is 2.34. The molecule has 0 aliphatic heterocycles. The van der Waals surface area contributed by atoms with E-state index in [4.69, 9.17) is 0 Å². The smallest absolute Gasteiger partial charge is 0.199 e. The predicted octanol–water partition coefficient (Wildman–Crippen LogP) is 3.18. The first-order valence-corrected chi connectivity index (χ1v) is 6.73. The van der Waals surface area contributed by atoms with E-state index in [-0.39, 0.29) is 7.64 Å². The first-order chi connectivity index (χ1) is 4.88. The third kappa shape index (κ3) is 0.932. The molecule has 2 rings (SSSR count). The van der Waals surface area contributed by atoms with Gasteiger partial charge in [0, 0.05) is 6.07 Å². The third-order valence-electron chi connectivity index (χ3n) is 1.36. The van der Waals surface area contributed by atoms with Gasteiger partial charge in [-0.15, -0.1) is 0 Å². The van der Waals surface area contributed by atoms with E-state index >= 15 is 0 Å². The molecule has 1 nitrogen and oxygen atoms in total. The van der Waals surface area contributed by atoms with Gasteiger partial charge in [0.1, 0.15) is 5.52 Å². The number of hydrogen-bond acceptors (Lipinski definition) is 1. The van der Waals surface area contributed by atoms with Crippen molar-refractivity contribution in [3.8, 4) is 0 Å². The van der Waals surface area contributed by atoms with Gasteiger partial charge >= 0.3 is 0 Å². The van der Waals surface area contributed by atoms with Crippen LogP contribution in [0.3, 0.4) is 0 Å². The lowest BCUT2D eigenvalue weighted by Gasteiger charge is -1.77. The van der Waals surface area contributed by atoms with Gasteiger partial charge in [-0.2, -0.15) is 4.98 Å². The molecule has 0 aliphatic carbocycles. The summed E-state index contributed by atoms with van der Waals surface area (Å²) in [6.45, 7) is 0. The number of para-hydroxylation sites is 1. The molecule has 1 atom stereocenters. The standard InChI is InChI=1S/C7H5INS/c8-10-5-9-6-3-1-2-4-7(6)10/h1-5H/q+1. The monoisotopic (exact) mass is 262 g/mol. The Labute approximate surface area is 73.7 Å². The summed E-state index contributed by atoms with van der Waals surface area (Å²) >= 11 is 2.40. The molecule has 1 aromatic heterocycles. The van der Waals surface area contributed by atoms with Gasteiger partial charge < -0.3 is 0 Å². The van der Waals surface area contributed by atoms with E-state index in [1.165, 1.54) is 4.70 Å². The highest BCUT2D eigenvalue weighted by molar-refractivity contribution is 14.2. The summed E-state index contributed by atoms with van der Waals surface area (Å²) in [6.07, 6.45) is 0. The van der Waals surface area contributed by atoms with Crippen LogP contribution in [0.25, 0.3) is 10.2 Å². The Bertz CT molecular complexity index is 355. The fraction of sp³-hybridized carbons (Fsp3) is 0. The minimum absolute atomic E-state index is 0.231. The van der Waals surface area contributed by atoms with Crippen molar-refractivity contribution < 1.29 is 0 Å². The maximum atomic E-state index is 4.26. The van der Waals surface area contributed by atoms with Crippen LogP contribution in [0.2, 0.25) is 0 Å². The Hall–Kier alpha value is -0.160. The number of benzene rings is 1. The van der Waals surface area contributed by atoms with Gasteiger partial charge in [0.25, 0.3) is 21.2 Å². The highest BCUT2D eigenvalue weighted by Gasteiger charge is 2.08. The highest BCUT2D eigenvalue weighted by atomic mass is 127. The zero-order valence-electron chi connectivity index (χ0n) is 5.12. The molecule has 2 aromatic rings. The Morgan fingerprint density at radius 2 is 2.10 bits per heavy atom. The molecule has 0 fully saturated rings. The molecule has 1 heterocycles. The van der Waals surface area contributed by atoms with Crippen molar-refractivity contribution in [3.63, 3.8) is 0 Å². The van der Waals surface area contributed by atoms with E-state index in [1.54, 1.807) is 0 Å². The highest BCUT2D eigenvalue weighted by Crippen LogP contribution is 2.34. The van der Waals surface area contributed by atoms with Crippen LogP contribution < -0.4 is 0 Å². The quantitative estimate of drug-likeness (QED) is 0.525. The zero-order valence-corrected chi connectivity index (χ0v) is 8.09. The third-order valence-corrected chi connectivity index (χ3v) is 4.52. The Kier molecular flexibility index (Phi) is 1.61. The van der Waals surface area contributed by atoms with E-state index in [0.717, 1.165) is 5.52 Å². The maximum Gasteiger partial charge on any atom is 0.289 e. The Morgan fingerprint density at radius 3 is 2.90 bits per heavy atom. The maximum absolute atomic E-state index is 4.26. The van der Waals surface area contributed by atoms with E-state index in [0.29, 0.717) is 0 Å². The molecule has 0 saturated carbocycles. The second-order valence-corrected chi connectivity index (χ2v) is 6.05. The predicted molar refractivity (Wildman–Crippen MR) is 53.6 cm³/mol. The number of nitrogens with zero attached hydrogens (tertiary/aromatic N) is 1. The first kappa shape index (κ1) is 6.54. The molecule has 1 unspecified atom stereocenters. The Morgan fingerprint density at radius 1 is 1.30 bits per heavy atom. The van der Waals surface area contributed by atoms with E-state index < -0.39 is 0 Å². The summed E-state index contributed by atoms with van der Waals surface area (Å²) in [5.74, 6) is 0. The van der Waals surface area contributed by atoms with Gasteiger partial charge in [-0.3, -0.25) is 0 Å². The fourth-order valence-electron chi connectivity index (χ4n) is 0.889. The van der Waals surface area contributed by atoms with Gasteiger partial charge in [0.05, 0.1) is 7.64 Å². The van der Waals surface area contributed by atoms with Crippen molar-refractivity contribution in [2.45, 2.75) is 0 Å². The number of aromatic nitrogens is 1. The Balaban J connectivity index is 2.93. The van der Waals surface area contributed by atoms with Crippen LogP contribution >= 0.6 is 28.8 Å². The molecular weight excluding hydrogens is 257 g/mol. The minimum atomic E-state index is 0.231. The van der Waals surface area contributed by atoms with Gasteiger partial charge in [-0.25, -0.2) is 0 Å². The minimum Gasteiger partial charge on any atom is -0.199 e. The van der Waals surface area contributed by atoms with Crippen LogP contribution in [0, 0.1) is 0 Å². The molecule has 0 saturated heterocycles. The molecule has 0 bridgehead atoms. The van der Waals surface area contributed by atoms with Crippen LogP contribution in [-0.2, 0) is 0 Å². The van der Waals surface area contributed by atoms with Crippen LogP contribution in [0.15, 0.2) is 29.8 Å². The zero-order chi connectivity index (χ0) is 6.97. The summed E-state index contributed by atoms with van der Waals surface area (Å²) in [7, 11) is 0.231. The topological polar surface area (TPSA) is 12.9 Å². The molecule has 10 heavy (non-hydrogen) atoms. The van der Waals surface area contributed by atoms with Crippen molar-refractivity contribution in [1.29, 1.82) is 0 Å². The lowest BCUT2D eigenvalue weighted by atomic mass is 10.3. The van der Waals surface area contributed by atoms with Crippen LogP contribution in [0.5, 0.6) is 0 Å². The number of fused-ring (bicyclic) bond motifs is 1. The number of rotatable bonds is 0. The number of hydrogen-bond donors (Lipinski definition) is 0. The molecule has 0 amide bonds. The van der Waals surface area contributed by atoms with E-state index in [1.807, 2.05) is 11.6 Å². The average molecular weight is 262 g/mol.